The molecular weight excluding hydrogens is 430 g/mol. The highest BCUT2D eigenvalue weighted by Gasteiger charge is 2.18. The van der Waals surface area contributed by atoms with Gasteiger partial charge in [0.05, 0.1) is 15.8 Å². The molecule has 4 rings (SSSR count). The maximum Gasteiger partial charge on any atom is 0.262 e. The third-order valence-corrected chi connectivity index (χ3v) is 8.01. The van der Waals surface area contributed by atoms with Crippen LogP contribution in [0.3, 0.4) is 0 Å². The summed E-state index contributed by atoms with van der Waals surface area (Å²) in [6.07, 6.45) is 0. The number of nitrogens with zero attached hydrogens (tertiary/aromatic N) is 3. The van der Waals surface area contributed by atoms with Gasteiger partial charge in [-0.1, -0.05) is 48.2 Å². The first-order chi connectivity index (χ1) is 14.8. The van der Waals surface area contributed by atoms with E-state index in [-0.39, 0.29) is 10.5 Å². The second-order valence-electron chi connectivity index (χ2n) is 7.38. The molecule has 0 fully saturated rings. The molecule has 1 heterocycles. The van der Waals surface area contributed by atoms with Crippen molar-refractivity contribution in [1.29, 1.82) is 0 Å². The normalized spacial score (nSPS) is 12.1. The summed E-state index contributed by atoms with van der Waals surface area (Å²) in [5, 5.41) is 3.27. The second-order valence-corrected chi connectivity index (χ2v) is 10.5. The molecule has 0 N–H and O–H groups in total. The van der Waals surface area contributed by atoms with Gasteiger partial charge in [0.25, 0.3) is 5.56 Å². The van der Waals surface area contributed by atoms with Crippen LogP contribution in [0.25, 0.3) is 21.7 Å². The summed E-state index contributed by atoms with van der Waals surface area (Å²) in [6, 6.07) is 18.6. The summed E-state index contributed by atoms with van der Waals surface area (Å²) in [4.78, 5) is 18.1. The number of fused-ring (bicyclic) bond motifs is 2. The number of thioether (sulfide) groups is 1. The molecule has 160 valence electrons. The van der Waals surface area contributed by atoms with Crippen molar-refractivity contribution in [3.05, 3.63) is 76.6 Å². The highest BCUT2D eigenvalue weighted by molar-refractivity contribution is 7.98. The predicted molar refractivity (Wildman–Crippen MR) is 126 cm³/mol. The topological polar surface area (TPSA) is 72.3 Å². The molecule has 0 saturated carbocycles. The van der Waals surface area contributed by atoms with Gasteiger partial charge < -0.3 is 0 Å². The molecule has 0 saturated heterocycles. The number of hydrogen-bond donors (Lipinski definition) is 0. The highest BCUT2D eigenvalue weighted by atomic mass is 32.2. The Hall–Kier alpha value is -2.68. The molecule has 0 unspecified atom stereocenters. The third kappa shape index (κ3) is 4.11. The van der Waals surface area contributed by atoms with Crippen molar-refractivity contribution in [2.24, 2.45) is 0 Å². The molecule has 0 aliphatic heterocycles. The monoisotopic (exact) mass is 453 g/mol. The van der Waals surface area contributed by atoms with Crippen molar-refractivity contribution in [3.8, 4) is 0 Å². The zero-order valence-electron chi connectivity index (χ0n) is 17.6. The van der Waals surface area contributed by atoms with E-state index in [0.717, 1.165) is 16.3 Å². The lowest BCUT2D eigenvalue weighted by atomic mass is 10.1. The maximum atomic E-state index is 13.1. The van der Waals surface area contributed by atoms with Gasteiger partial charge in [0.2, 0.25) is 10.0 Å². The van der Waals surface area contributed by atoms with E-state index >= 15 is 0 Å². The van der Waals surface area contributed by atoms with E-state index in [4.69, 9.17) is 4.98 Å². The minimum Gasteiger partial charge on any atom is -0.287 e. The standard InChI is InChI=1S/C23H23N3O3S2/c1-4-26-22(27)20-13-17-9-5-6-10-18(17)14-21(20)24-23(26)30-15-16-8-7-11-19(12-16)31(28,29)25(2)3/h5-14H,4,15H2,1-3H3. The van der Waals surface area contributed by atoms with E-state index in [2.05, 4.69) is 0 Å². The Kier molecular flexibility index (Phi) is 5.88. The molecule has 0 spiro atoms. The van der Waals surface area contributed by atoms with Gasteiger partial charge in [-0.15, -0.1) is 0 Å². The van der Waals surface area contributed by atoms with Crippen LogP contribution in [-0.2, 0) is 22.3 Å². The Morgan fingerprint density at radius 1 is 1.00 bits per heavy atom. The minimum absolute atomic E-state index is 0.0651. The van der Waals surface area contributed by atoms with Crippen LogP contribution < -0.4 is 5.56 Å². The van der Waals surface area contributed by atoms with Crippen molar-refractivity contribution in [1.82, 2.24) is 13.9 Å². The van der Waals surface area contributed by atoms with Gasteiger partial charge in [-0.05, 0) is 47.5 Å². The van der Waals surface area contributed by atoms with Crippen LogP contribution in [0.15, 0.2) is 75.5 Å². The lowest BCUT2D eigenvalue weighted by Crippen LogP contribution is -2.22. The van der Waals surface area contributed by atoms with E-state index in [9.17, 15) is 13.2 Å². The van der Waals surface area contributed by atoms with E-state index in [1.54, 1.807) is 22.8 Å². The molecule has 4 aromatic rings. The van der Waals surface area contributed by atoms with Gasteiger partial charge in [-0.25, -0.2) is 17.7 Å². The lowest BCUT2D eigenvalue weighted by molar-refractivity contribution is 0.520. The van der Waals surface area contributed by atoms with Crippen LogP contribution >= 0.6 is 11.8 Å². The SMILES string of the molecule is CCn1c(SCc2cccc(S(=O)(=O)N(C)C)c2)nc2cc3ccccc3cc2c1=O. The molecule has 0 bridgehead atoms. The van der Waals surface area contributed by atoms with Crippen LogP contribution in [0.2, 0.25) is 0 Å². The quantitative estimate of drug-likeness (QED) is 0.250. The smallest absolute Gasteiger partial charge is 0.262 e. The second kappa shape index (κ2) is 8.45. The van der Waals surface area contributed by atoms with Gasteiger partial charge in [-0.2, -0.15) is 0 Å². The van der Waals surface area contributed by atoms with Gasteiger partial charge in [0.15, 0.2) is 5.16 Å². The molecule has 0 amide bonds. The minimum atomic E-state index is -3.50. The summed E-state index contributed by atoms with van der Waals surface area (Å²) in [5.41, 5.74) is 1.45. The maximum absolute atomic E-state index is 13.1. The van der Waals surface area contributed by atoms with Gasteiger partial charge in [0, 0.05) is 26.4 Å². The Balaban J connectivity index is 1.72. The molecule has 31 heavy (non-hydrogen) atoms. The van der Waals surface area contributed by atoms with Gasteiger partial charge >= 0.3 is 0 Å². The number of benzene rings is 3. The zero-order valence-corrected chi connectivity index (χ0v) is 19.2. The Morgan fingerprint density at radius 2 is 1.71 bits per heavy atom. The summed E-state index contributed by atoms with van der Waals surface area (Å²) in [5.74, 6) is 0.502. The number of sulfonamides is 1. The number of hydrogen-bond acceptors (Lipinski definition) is 5. The van der Waals surface area contributed by atoms with Crippen molar-refractivity contribution >= 4 is 43.5 Å². The first-order valence-electron chi connectivity index (χ1n) is 9.89. The zero-order chi connectivity index (χ0) is 22.2. The largest absolute Gasteiger partial charge is 0.287 e. The summed E-state index contributed by atoms with van der Waals surface area (Å²) in [6.45, 7) is 2.43. The van der Waals surface area contributed by atoms with E-state index in [1.807, 2.05) is 49.4 Å². The molecule has 3 aromatic carbocycles. The fourth-order valence-electron chi connectivity index (χ4n) is 3.43. The van der Waals surface area contributed by atoms with Gasteiger partial charge in [0.1, 0.15) is 0 Å². The Morgan fingerprint density at radius 3 is 2.39 bits per heavy atom. The molecular formula is C23H23N3O3S2. The first-order valence-corrected chi connectivity index (χ1v) is 12.3. The lowest BCUT2D eigenvalue weighted by Gasteiger charge is -2.13. The van der Waals surface area contributed by atoms with Gasteiger partial charge in [-0.3, -0.25) is 9.36 Å². The predicted octanol–water partition coefficient (Wildman–Crippen LogP) is 4.11. The molecule has 0 aliphatic rings. The third-order valence-electron chi connectivity index (χ3n) is 5.15. The van der Waals surface area contributed by atoms with Crippen molar-refractivity contribution in [2.75, 3.05) is 14.1 Å². The number of aromatic nitrogens is 2. The Bertz CT molecular complexity index is 1440. The Labute approximate surface area is 185 Å². The highest BCUT2D eigenvalue weighted by Crippen LogP contribution is 2.26. The average molecular weight is 454 g/mol. The molecule has 0 atom stereocenters. The number of rotatable bonds is 6. The summed E-state index contributed by atoms with van der Waals surface area (Å²) >= 11 is 1.43. The van der Waals surface area contributed by atoms with E-state index in [0.29, 0.717) is 28.4 Å². The van der Waals surface area contributed by atoms with Crippen molar-refractivity contribution in [3.63, 3.8) is 0 Å². The fourth-order valence-corrected chi connectivity index (χ4v) is 5.41. The summed E-state index contributed by atoms with van der Waals surface area (Å²) < 4.78 is 27.7. The first kappa shape index (κ1) is 21.5. The molecule has 0 radical (unpaired) electrons. The van der Waals surface area contributed by atoms with Crippen LogP contribution in [0.5, 0.6) is 0 Å². The van der Waals surface area contributed by atoms with Crippen LogP contribution in [-0.4, -0.2) is 36.4 Å². The van der Waals surface area contributed by atoms with Crippen LogP contribution in [0.1, 0.15) is 12.5 Å². The molecule has 1 aromatic heterocycles. The molecule has 8 heteroatoms. The fraction of sp³-hybridized carbons (Fsp3) is 0.217. The summed E-state index contributed by atoms with van der Waals surface area (Å²) in [7, 11) is -0.472. The molecule has 6 nitrogen and oxygen atoms in total. The van der Waals surface area contributed by atoms with E-state index in [1.165, 1.54) is 30.2 Å². The van der Waals surface area contributed by atoms with Crippen LogP contribution in [0.4, 0.5) is 0 Å². The van der Waals surface area contributed by atoms with Crippen molar-refractivity contribution < 1.29 is 8.42 Å². The van der Waals surface area contributed by atoms with Crippen LogP contribution in [0, 0.1) is 0 Å². The average Bonchev–Trinajstić information content (AvgIpc) is 2.77. The van der Waals surface area contributed by atoms with Crippen molar-refractivity contribution in [2.45, 2.75) is 29.3 Å². The molecule has 0 aliphatic carbocycles. The van der Waals surface area contributed by atoms with E-state index < -0.39 is 10.0 Å².